The van der Waals surface area contributed by atoms with Crippen molar-refractivity contribution in [1.29, 1.82) is 0 Å². The van der Waals surface area contributed by atoms with Gasteiger partial charge in [-0.3, -0.25) is 4.79 Å². The Morgan fingerprint density at radius 3 is 1.88 bits per heavy atom. The van der Waals surface area contributed by atoms with Gasteiger partial charge in [-0.25, -0.2) is 0 Å². The van der Waals surface area contributed by atoms with E-state index < -0.39 is 0 Å². The van der Waals surface area contributed by atoms with Crippen molar-refractivity contribution in [2.75, 3.05) is 6.54 Å². The Labute approximate surface area is 152 Å². The molecule has 0 saturated carbocycles. The van der Waals surface area contributed by atoms with E-state index in [0.717, 1.165) is 17.5 Å². The fourth-order valence-corrected chi connectivity index (χ4v) is 2.97. The summed E-state index contributed by atoms with van der Waals surface area (Å²) in [5, 5.41) is 3.10. The van der Waals surface area contributed by atoms with Gasteiger partial charge in [-0.05, 0) is 30.0 Å². The lowest BCUT2D eigenvalue weighted by Gasteiger charge is -2.18. The number of carbonyl (C=O) groups excluding carboxylic acids is 1. The molecular weight excluding hydrogens is 306 g/mol. The molecule has 1 N–H and O–H groups in total. The van der Waals surface area contributed by atoms with Crippen molar-refractivity contribution < 1.29 is 7.65 Å². The summed E-state index contributed by atoms with van der Waals surface area (Å²) in [5.41, 5.74) is 4.52. The molecule has 0 unspecified atom stereocenters. The molecule has 25 heavy (non-hydrogen) atoms. The fourth-order valence-electron chi connectivity index (χ4n) is 2.97. The third-order valence-electron chi connectivity index (χ3n) is 4.36. The van der Waals surface area contributed by atoms with Crippen LogP contribution in [0.15, 0.2) is 84.9 Å². The molecule has 0 spiro atoms. The molecular formula is C23H27NO. The topological polar surface area (TPSA) is 29.1 Å². The molecule has 3 aromatic rings. The van der Waals surface area contributed by atoms with Crippen molar-refractivity contribution in [3.8, 4) is 0 Å². The van der Waals surface area contributed by atoms with E-state index in [-0.39, 0.29) is 14.7 Å². The summed E-state index contributed by atoms with van der Waals surface area (Å²) in [7, 11) is 0. The summed E-state index contributed by atoms with van der Waals surface area (Å²) in [5.74, 6) is -0.232. The lowest BCUT2D eigenvalue weighted by atomic mass is 9.90. The van der Waals surface area contributed by atoms with Gasteiger partial charge in [0, 0.05) is 9.40 Å². The number of benzene rings is 3. The van der Waals surface area contributed by atoms with E-state index in [2.05, 4.69) is 36.5 Å². The van der Waals surface area contributed by atoms with Gasteiger partial charge < -0.3 is 5.32 Å². The van der Waals surface area contributed by atoms with Gasteiger partial charge in [-0.15, -0.1) is 0 Å². The number of aryl methyl sites for hydroxylation is 1. The van der Waals surface area contributed by atoms with Gasteiger partial charge in [0.1, 0.15) is 0 Å². The summed E-state index contributed by atoms with van der Waals surface area (Å²) >= 11 is 0. The summed E-state index contributed by atoms with van der Waals surface area (Å²) in [6.45, 7) is 2.72. The zero-order valence-electron chi connectivity index (χ0n) is 14.5. The normalized spacial score (nSPS) is 10.6. The maximum absolute atomic E-state index is 12.9. The number of hydrogen-bond acceptors (Lipinski definition) is 1. The molecule has 2 heteroatoms. The van der Waals surface area contributed by atoms with Crippen molar-refractivity contribution >= 4 is 5.91 Å². The van der Waals surface area contributed by atoms with Crippen molar-refractivity contribution in [3.63, 3.8) is 0 Å². The monoisotopic (exact) mass is 333 g/mol. The van der Waals surface area contributed by atoms with Crippen LogP contribution in [0.3, 0.4) is 0 Å². The molecule has 0 bridgehead atoms. The molecule has 3 rings (SSSR count). The number of nitrogens with one attached hydrogen (secondary N) is 1. The second-order valence-electron chi connectivity index (χ2n) is 6.28. The zero-order valence-corrected chi connectivity index (χ0v) is 14.5. The Morgan fingerprint density at radius 2 is 1.36 bits per heavy atom. The first-order valence-corrected chi connectivity index (χ1v) is 8.67. The SMILES string of the molecule is Cc1ccc(CCNC(=O)C(c2ccccc2)c2ccccc2)cc1.[HH].[HH]. The first-order valence-electron chi connectivity index (χ1n) is 8.67. The van der Waals surface area contributed by atoms with Crippen molar-refractivity contribution in [2.24, 2.45) is 0 Å². The van der Waals surface area contributed by atoms with Gasteiger partial charge in [-0.1, -0.05) is 90.5 Å². The van der Waals surface area contributed by atoms with Gasteiger partial charge in [0.05, 0.1) is 5.92 Å². The van der Waals surface area contributed by atoms with E-state index in [1.54, 1.807) is 0 Å². The molecule has 0 heterocycles. The van der Waals surface area contributed by atoms with Crippen LogP contribution in [0.2, 0.25) is 0 Å². The molecule has 0 aromatic heterocycles. The second kappa shape index (κ2) is 8.29. The highest BCUT2D eigenvalue weighted by Crippen LogP contribution is 2.24. The van der Waals surface area contributed by atoms with Crippen LogP contribution in [-0.4, -0.2) is 12.5 Å². The van der Waals surface area contributed by atoms with Crippen LogP contribution >= 0.6 is 0 Å². The highest BCUT2D eigenvalue weighted by molar-refractivity contribution is 5.87. The number of rotatable bonds is 6. The maximum atomic E-state index is 12.9. The molecule has 1 amide bonds. The predicted molar refractivity (Wildman–Crippen MR) is 107 cm³/mol. The van der Waals surface area contributed by atoms with Gasteiger partial charge >= 0.3 is 0 Å². The summed E-state index contributed by atoms with van der Waals surface area (Å²) in [6.07, 6.45) is 0.836. The van der Waals surface area contributed by atoms with E-state index in [1.807, 2.05) is 60.7 Å². The zero-order chi connectivity index (χ0) is 17.5. The maximum Gasteiger partial charge on any atom is 0.232 e. The van der Waals surface area contributed by atoms with E-state index in [0.29, 0.717) is 6.54 Å². The van der Waals surface area contributed by atoms with Gasteiger partial charge in [0.25, 0.3) is 0 Å². The van der Waals surface area contributed by atoms with E-state index in [9.17, 15) is 4.79 Å². The Morgan fingerprint density at radius 1 is 0.840 bits per heavy atom. The van der Waals surface area contributed by atoms with Gasteiger partial charge in [0.2, 0.25) is 5.91 Å². The van der Waals surface area contributed by atoms with Crippen molar-refractivity contribution in [3.05, 3.63) is 107 Å². The lowest BCUT2D eigenvalue weighted by molar-refractivity contribution is -0.121. The molecule has 0 fully saturated rings. The molecule has 0 radical (unpaired) electrons. The Hall–Kier alpha value is -2.87. The average molecular weight is 333 g/mol. The second-order valence-corrected chi connectivity index (χ2v) is 6.28. The Kier molecular flexibility index (Phi) is 5.63. The minimum absolute atomic E-state index is 0. The standard InChI is InChI=1S/C23H23NO.2H2/c1-18-12-14-19(15-13-18)16-17-24-23(25)22(20-8-4-2-5-9-20)21-10-6-3-7-11-21;;/h2-15,22H,16-17H2,1H3,(H,24,25);2*1H. The van der Waals surface area contributed by atoms with Crippen molar-refractivity contribution in [2.45, 2.75) is 19.3 Å². The predicted octanol–water partition coefficient (Wildman–Crippen LogP) is 4.98. The first-order chi connectivity index (χ1) is 12.2. The first kappa shape index (κ1) is 17.0. The van der Waals surface area contributed by atoms with Gasteiger partial charge in [-0.2, -0.15) is 0 Å². The molecule has 0 aliphatic carbocycles. The largest absolute Gasteiger partial charge is 0.355 e. The smallest absolute Gasteiger partial charge is 0.232 e. The average Bonchev–Trinajstić information content (AvgIpc) is 2.65. The van der Waals surface area contributed by atoms with Crippen LogP contribution in [0.25, 0.3) is 0 Å². The van der Waals surface area contributed by atoms with E-state index >= 15 is 0 Å². The number of hydrogen-bond donors (Lipinski definition) is 1. The van der Waals surface area contributed by atoms with Gasteiger partial charge in [0.15, 0.2) is 0 Å². The molecule has 0 aliphatic heterocycles. The molecule has 2 nitrogen and oxygen atoms in total. The van der Waals surface area contributed by atoms with Crippen LogP contribution in [0.5, 0.6) is 0 Å². The third kappa shape index (κ3) is 4.57. The highest BCUT2D eigenvalue weighted by Gasteiger charge is 2.21. The van der Waals surface area contributed by atoms with Crippen LogP contribution in [-0.2, 0) is 11.2 Å². The Balaban J connectivity index is 0.00000182. The third-order valence-corrected chi connectivity index (χ3v) is 4.36. The lowest BCUT2D eigenvalue weighted by Crippen LogP contribution is -2.31. The van der Waals surface area contributed by atoms with Crippen LogP contribution in [0, 0.1) is 6.92 Å². The van der Waals surface area contributed by atoms with E-state index in [1.165, 1.54) is 11.1 Å². The van der Waals surface area contributed by atoms with Crippen LogP contribution in [0.1, 0.15) is 31.0 Å². The molecule has 3 aromatic carbocycles. The number of carbonyl (C=O) groups is 1. The quantitative estimate of drug-likeness (QED) is 0.677. The molecule has 0 atom stereocenters. The van der Waals surface area contributed by atoms with Crippen molar-refractivity contribution in [1.82, 2.24) is 5.32 Å². The summed E-state index contributed by atoms with van der Waals surface area (Å²) < 4.78 is 0. The number of amides is 1. The fraction of sp³-hybridized carbons (Fsp3) is 0.174. The molecule has 0 saturated heterocycles. The highest BCUT2D eigenvalue weighted by atomic mass is 16.1. The van der Waals surface area contributed by atoms with E-state index in [4.69, 9.17) is 0 Å². The van der Waals surface area contributed by atoms with Crippen LogP contribution < -0.4 is 5.32 Å². The van der Waals surface area contributed by atoms with Crippen LogP contribution in [0.4, 0.5) is 0 Å². The summed E-state index contributed by atoms with van der Waals surface area (Å²) in [6, 6.07) is 28.3. The Bertz CT molecular complexity index is 765. The molecule has 0 aliphatic rings. The minimum Gasteiger partial charge on any atom is -0.355 e. The summed E-state index contributed by atoms with van der Waals surface area (Å²) in [4.78, 5) is 12.9. The minimum atomic E-state index is -0.277. The molecule has 130 valence electrons.